The maximum Gasteiger partial charge on any atom is 0.416 e. The molecule has 48 heavy (non-hydrogen) atoms. The Balaban J connectivity index is 1.34. The first-order valence-electron chi connectivity index (χ1n) is 15.2. The van der Waals surface area contributed by atoms with Crippen molar-refractivity contribution in [3.05, 3.63) is 168 Å². The van der Waals surface area contributed by atoms with Crippen LogP contribution in [0.25, 0.3) is 11.1 Å². The molecule has 6 rings (SSSR count). The molecular weight excluding hydrogens is 622 g/mol. The van der Waals surface area contributed by atoms with E-state index in [1.807, 2.05) is 111 Å². The van der Waals surface area contributed by atoms with Crippen LogP contribution in [0, 0.1) is 13.8 Å². The van der Waals surface area contributed by atoms with Gasteiger partial charge in [-0.15, -0.1) is 0 Å². The van der Waals surface area contributed by atoms with Crippen LogP contribution < -0.4 is 9.80 Å². The Morgan fingerprint density at radius 2 is 0.646 bits per heavy atom. The number of hydrogen-bond donors (Lipinski definition) is 0. The van der Waals surface area contributed by atoms with Gasteiger partial charge < -0.3 is 9.80 Å². The fourth-order valence-corrected chi connectivity index (χ4v) is 5.53. The molecule has 0 aliphatic heterocycles. The fraction of sp³-hybridized carbons (Fsp3) is 0.100. The van der Waals surface area contributed by atoms with E-state index >= 15 is 0 Å². The molecule has 8 heteroatoms. The topological polar surface area (TPSA) is 6.48 Å². The van der Waals surface area contributed by atoms with Gasteiger partial charge in [0.05, 0.1) is 11.1 Å². The van der Waals surface area contributed by atoms with E-state index in [-0.39, 0.29) is 0 Å². The third kappa shape index (κ3) is 7.08. The maximum absolute atomic E-state index is 13.6. The van der Waals surface area contributed by atoms with Crippen molar-refractivity contribution in [3.8, 4) is 11.1 Å². The molecule has 0 aliphatic rings. The lowest BCUT2D eigenvalue weighted by atomic mass is 10.0. The lowest BCUT2D eigenvalue weighted by Crippen LogP contribution is -2.12. The van der Waals surface area contributed by atoms with E-state index in [0.717, 1.165) is 46.5 Å². The van der Waals surface area contributed by atoms with Crippen LogP contribution in [-0.4, -0.2) is 0 Å². The molecule has 0 N–H and O–H groups in total. The molecule has 0 bridgehead atoms. The number of nitrogens with zero attached hydrogens (tertiary/aromatic N) is 2. The molecule has 0 fully saturated rings. The van der Waals surface area contributed by atoms with Crippen LogP contribution in [0.5, 0.6) is 0 Å². The normalized spacial score (nSPS) is 11.8. The smallest absolute Gasteiger partial charge is 0.310 e. The molecule has 0 amide bonds. The molecular formula is C40H30F6N2. The van der Waals surface area contributed by atoms with Gasteiger partial charge in [-0.1, -0.05) is 71.8 Å². The fourth-order valence-electron chi connectivity index (χ4n) is 5.53. The largest absolute Gasteiger partial charge is 0.416 e. The summed E-state index contributed by atoms with van der Waals surface area (Å²) in [6.45, 7) is 3.89. The van der Waals surface area contributed by atoms with Gasteiger partial charge in [0.15, 0.2) is 0 Å². The second-order valence-electron chi connectivity index (χ2n) is 11.5. The van der Waals surface area contributed by atoms with Crippen molar-refractivity contribution in [1.29, 1.82) is 0 Å². The molecule has 242 valence electrons. The minimum atomic E-state index is -4.48. The molecule has 0 saturated carbocycles. The Kier molecular flexibility index (Phi) is 8.75. The van der Waals surface area contributed by atoms with Crippen molar-refractivity contribution >= 4 is 34.1 Å². The van der Waals surface area contributed by atoms with E-state index in [4.69, 9.17) is 0 Å². The van der Waals surface area contributed by atoms with Crippen molar-refractivity contribution in [2.24, 2.45) is 0 Å². The van der Waals surface area contributed by atoms with Gasteiger partial charge in [-0.05, 0) is 110 Å². The van der Waals surface area contributed by atoms with Crippen molar-refractivity contribution in [1.82, 2.24) is 0 Å². The zero-order valence-corrected chi connectivity index (χ0v) is 26.0. The Bertz CT molecular complexity index is 1850. The summed E-state index contributed by atoms with van der Waals surface area (Å²) in [5.41, 5.74) is 5.81. The van der Waals surface area contributed by atoms with Gasteiger partial charge in [-0.3, -0.25) is 0 Å². The van der Waals surface area contributed by atoms with Gasteiger partial charge in [0.2, 0.25) is 0 Å². The summed E-state index contributed by atoms with van der Waals surface area (Å²) in [6.07, 6.45) is -8.97. The molecule has 0 atom stereocenters. The highest BCUT2D eigenvalue weighted by Crippen LogP contribution is 2.41. The predicted molar refractivity (Wildman–Crippen MR) is 181 cm³/mol. The standard InChI is InChI=1S/C40H30F6N2/c1-27-9-17-33(18-10-27)47(37-7-3-5-31(25-37)39(41,42)43)35-21-13-29(14-22-35)30-15-23-36(24-16-30)48(34-19-11-28(2)12-20-34)38-8-4-6-32(26-38)40(44,45)46/h3-26H,1-2H3. The number of aryl methyl sites for hydroxylation is 2. The Morgan fingerprint density at radius 1 is 0.354 bits per heavy atom. The summed E-state index contributed by atoms with van der Waals surface area (Å²) in [4.78, 5) is 3.55. The van der Waals surface area contributed by atoms with Crippen molar-refractivity contribution in [2.45, 2.75) is 26.2 Å². The number of benzene rings is 6. The third-order valence-electron chi connectivity index (χ3n) is 8.03. The third-order valence-corrected chi connectivity index (χ3v) is 8.03. The molecule has 0 aliphatic carbocycles. The van der Waals surface area contributed by atoms with Crippen LogP contribution in [0.15, 0.2) is 146 Å². The molecule has 0 aromatic heterocycles. The van der Waals surface area contributed by atoms with Crippen LogP contribution >= 0.6 is 0 Å². The quantitative estimate of drug-likeness (QED) is 0.158. The summed E-state index contributed by atoms with van der Waals surface area (Å²) < 4.78 is 81.7. The van der Waals surface area contributed by atoms with Gasteiger partial charge in [0, 0.05) is 34.1 Å². The summed E-state index contributed by atoms with van der Waals surface area (Å²) in [5, 5.41) is 0. The van der Waals surface area contributed by atoms with Crippen molar-refractivity contribution < 1.29 is 26.3 Å². The van der Waals surface area contributed by atoms with E-state index in [0.29, 0.717) is 34.1 Å². The summed E-state index contributed by atoms with van der Waals surface area (Å²) >= 11 is 0. The highest BCUT2D eigenvalue weighted by molar-refractivity contribution is 5.81. The van der Waals surface area contributed by atoms with E-state index in [9.17, 15) is 26.3 Å². The maximum atomic E-state index is 13.6. The van der Waals surface area contributed by atoms with Gasteiger partial charge in [0.25, 0.3) is 0 Å². The average molecular weight is 653 g/mol. The highest BCUT2D eigenvalue weighted by Gasteiger charge is 2.32. The Morgan fingerprint density at radius 3 is 0.938 bits per heavy atom. The van der Waals surface area contributed by atoms with E-state index in [1.165, 1.54) is 12.1 Å². The van der Waals surface area contributed by atoms with Crippen LogP contribution in [0.4, 0.5) is 60.5 Å². The average Bonchev–Trinajstić information content (AvgIpc) is 3.07. The van der Waals surface area contributed by atoms with Gasteiger partial charge in [-0.2, -0.15) is 26.3 Å². The lowest BCUT2D eigenvalue weighted by molar-refractivity contribution is -0.138. The lowest BCUT2D eigenvalue weighted by Gasteiger charge is -2.27. The summed E-state index contributed by atoms with van der Waals surface area (Å²) in [7, 11) is 0. The predicted octanol–water partition coefficient (Wildman–Crippen LogP) is 12.9. The summed E-state index contributed by atoms with van der Waals surface area (Å²) in [6, 6.07) is 40.5. The van der Waals surface area contributed by atoms with Gasteiger partial charge >= 0.3 is 12.4 Å². The molecule has 2 nitrogen and oxygen atoms in total. The van der Waals surface area contributed by atoms with Crippen LogP contribution in [-0.2, 0) is 12.4 Å². The first kappa shape index (κ1) is 32.4. The number of halogens is 6. The van der Waals surface area contributed by atoms with Gasteiger partial charge in [-0.25, -0.2) is 0 Å². The van der Waals surface area contributed by atoms with Crippen molar-refractivity contribution in [2.75, 3.05) is 9.80 Å². The minimum Gasteiger partial charge on any atom is -0.310 e. The second-order valence-corrected chi connectivity index (χ2v) is 11.5. The van der Waals surface area contributed by atoms with Crippen LogP contribution in [0.1, 0.15) is 22.3 Å². The van der Waals surface area contributed by atoms with Crippen LogP contribution in [0.3, 0.4) is 0 Å². The van der Waals surface area contributed by atoms with Gasteiger partial charge in [0.1, 0.15) is 0 Å². The number of rotatable bonds is 7. The first-order chi connectivity index (χ1) is 22.9. The minimum absolute atomic E-state index is 0.372. The van der Waals surface area contributed by atoms with Crippen molar-refractivity contribution in [3.63, 3.8) is 0 Å². The van der Waals surface area contributed by atoms with Crippen LogP contribution in [0.2, 0.25) is 0 Å². The molecule has 6 aromatic carbocycles. The number of anilines is 6. The molecule has 0 unspecified atom stereocenters. The molecule has 0 radical (unpaired) electrons. The van der Waals surface area contributed by atoms with E-state index in [2.05, 4.69) is 0 Å². The Labute approximate surface area is 275 Å². The highest BCUT2D eigenvalue weighted by atomic mass is 19.4. The monoisotopic (exact) mass is 652 g/mol. The summed E-state index contributed by atoms with van der Waals surface area (Å²) in [5.74, 6) is 0. The molecule has 6 aromatic rings. The first-order valence-corrected chi connectivity index (χ1v) is 15.2. The number of hydrogen-bond acceptors (Lipinski definition) is 2. The molecule has 0 saturated heterocycles. The zero-order chi connectivity index (χ0) is 34.1. The Hall–Kier alpha value is -5.50. The molecule has 0 spiro atoms. The molecule has 0 heterocycles. The second kappa shape index (κ2) is 13.0. The van der Waals surface area contributed by atoms with E-state index in [1.54, 1.807) is 21.9 Å². The van der Waals surface area contributed by atoms with E-state index < -0.39 is 23.5 Å². The number of alkyl halides is 6. The SMILES string of the molecule is Cc1ccc(N(c2ccc(-c3ccc(N(c4ccc(C)cc4)c4cccc(C(F)(F)F)c4)cc3)cc2)c2cccc(C(F)(F)F)c2)cc1. The zero-order valence-electron chi connectivity index (χ0n) is 26.0.